The molecule has 0 fully saturated rings. The molecule has 0 heterocycles. The molecule has 0 aromatic heterocycles. The second-order valence-electron chi connectivity index (χ2n) is 34.6. The van der Waals surface area contributed by atoms with E-state index in [0.717, 1.165) is 39.6 Å². The van der Waals surface area contributed by atoms with Gasteiger partial charge in [-0.25, -0.2) is 8.78 Å². The van der Waals surface area contributed by atoms with E-state index in [9.17, 15) is 44.7 Å². The Balaban J connectivity index is 0.000000435. The Hall–Kier alpha value is -7.93. The van der Waals surface area contributed by atoms with E-state index in [1.165, 1.54) is 53.9 Å². The highest BCUT2D eigenvalue weighted by molar-refractivity contribution is 7.20. The molecule has 0 spiro atoms. The molecule has 0 amide bonds. The standard InChI is InChI=1S/C29H30Si.C13H22Si.C12H15F3.C11H13F3.2C11H15F.C11H16.CH4/c1-23-14-13-19-26(22-23)30(24-15-7-5-8-16-24,25-17-9-6-10-18-25)28-21-12-11-20-27(28)29(2,3)4;1-13(2,3)11-9-7-8-10-12(11)14(4,5)6;1-8-6-5-7-9(12(13,14)15)10(8)11(2,3)4;1-10(2,3)8-6-4-5-7-9(8)11(12,13)14;2*1-8-6-5-7-9(12)10(8)11(2,3)4;1-9-7-5-6-8-10(9)11(2,3)4;/h5-22H,1-4H3;7-10H,1-6H3;5-7H,1-4H3;4-7H,1-3H3;2*5-7H,1-4H3;5-8H,1-4H3;1H4/i5D,6D,7D,8D,9D,10D,11D,12D,13D,14D,15D,16D,17D,18D,19D,20D,21D,22D;4D3;;;;;;. The van der Waals surface area contributed by atoms with Crippen molar-refractivity contribution >= 4 is 42.1 Å². The zero-order chi connectivity index (χ0) is 100. The Labute approximate surface area is 686 Å². The summed E-state index contributed by atoms with van der Waals surface area (Å²) in [5, 5.41) is -1.54. The van der Waals surface area contributed by atoms with Crippen LogP contribution in [0, 0.1) is 46.3 Å². The highest BCUT2D eigenvalue weighted by atomic mass is 28.3. The van der Waals surface area contributed by atoms with Crippen LogP contribution in [-0.4, -0.2) is 16.1 Å². The van der Waals surface area contributed by atoms with Gasteiger partial charge in [-0.15, -0.1) is 0 Å². The molecule has 0 N–H and O–H groups in total. The summed E-state index contributed by atoms with van der Waals surface area (Å²) in [6, 6.07) is 21.8. The highest BCUT2D eigenvalue weighted by Crippen LogP contribution is 2.40. The van der Waals surface area contributed by atoms with E-state index in [2.05, 4.69) is 78.8 Å². The molecule has 0 radical (unpaired) electrons. The van der Waals surface area contributed by atoms with Crippen LogP contribution in [0.5, 0.6) is 0 Å². The second kappa shape index (κ2) is 38.3. The predicted molar refractivity (Wildman–Crippen MR) is 463 cm³/mol. The monoisotopic (exact) mass is 1550 g/mol. The summed E-state index contributed by atoms with van der Waals surface area (Å²) in [4.78, 5) is 0. The third-order valence-electron chi connectivity index (χ3n) is 17.4. The SMILES string of the molecule is C.CC(C)(C)c1ccccc1C(F)(F)F.Cc1cccc(C(F)(F)F)c1C(C)(C)C.Cc1cccc(F)c1C(C)(C)C.Cc1cccc(F)c1C(C)(C)C.Cc1ccccc1C(C)(C)C.[2H]C([2H])([2H])[Si](C)(C)c1ccccc1C(C)(C)C.[2H]c1c([2H])c([2H])c([Si](c2c([2H])c([2H])c([2H])c([2H])c2[2H])(c2c([2H])c([2H])c([2H])c(C)c2[2H])c2c([2H])c([2H])c([2H])c([2H])c2C(C)(C)C)c([2H])c1[2H]. The van der Waals surface area contributed by atoms with E-state index in [1.54, 1.807) is 93.5 Å². The van der Waals surface area contributed by atoms with Crippen molar-refractivity contribution in [3.63, 3.8) is 0 Å². The molecular weight excluding hydrogens is 1400 g/mol. The Kier molecular flexibility index (Phi) is 23.1. The van der Waals surface area contributed by atoms with Crippen LogP contribution in [0.3, 0.4) is 0 Å². The maximum absolute atomic E-state index is 13.3. The third kappa shape index (κ3) is 27.2. The van der Waals surface area contributed by atoms with Crippen molar-refractivity contribution in [3.8, 4) is 0 Å². The lowest BCUT2D eigenvalue weighted by Gasteiger charge is -2.38. The minimum Gasteiger partial charge on any atom is -0.207 e. The number of benzene rings is 10. The Bertz CT molecular complexity index is 5300. The first kappa shape index (κ1) is 65.8. The smallest absolute Gasteiger partial charge is 0.207 e. The molecule has 0 atom stereocenters. The first-order chi connectivity index (χ1) is 58.1. The molecule has 0 aliphatic carbocycles. The van der Waals surface area contributed by atoms with Crippen LogP contribution in [-0.2, 0) is 50.3 Å². The molecule has 109 heavy (non-hydrogen) atoms. The predicted octanol–water partition coefficient (Wildman–Crippen LogP) is 27.3. The van der Waals surface area contributed by atoms with Gasteiger partial charge in [-0.2, -0.15) is 26.3 Å². The van der Waals surface area contributed by atoms with E-state index in [-0.39, 0.29) is 51.8 Å². The van der Waals surface area contributed by atoms with Gasteiger partial charge in [-0.05, 0) is 179 Å². The molecule has 590 valence electrons. The van der Waals surface area contributed by atoms with E-state index < -0.39 is 192 Å². The maximum Gasteiger partial charge on any atom is 0.416 e. The fraction of sp³-hybridized carbons (Fsp3) is 0.394. The van der Waals surface area contributed by atoms with E-state index in [1.807, 2.05) is 98.8 Å². The quantitative estimate of drug-likeness (QED) is 0.0915. The first-order valence-electron chi connectivity index (χ1n) is 46.5. The van der Waals surface area contributed by atoms with Crippen LogP contribution >= 0.6 is 0 Å². The van der Waals surface area contributed by atoms with Crippen LogP contribution in [0.25, 0.3) is 0 Å². The second-order valence-corrected chi connectivity index (χ2v) is 41.9. The van der Waals surface area contributed by atoms with Gasteiger partial charge in [0.05, 0.1) is 43.9 Å². The van der Waals surface area contributed by atoms with Gasteiger partial charge >= 0.3 is 12.4 Å². The van der Waals surface area contributed by atoms with Crippen molar-refractivity contribution in [2.24, 2.45) is 0 Å². The van der Waals surface area contributed by atoms with E-state index >= 15 is 0 Å². The summed E-state index contributed by atoms with van der Waals surface area (Å²) in [7, 11) is -8.03. The fourth-order valence-corrected chi connectivity index (χ4v) is 18.8. The average molecular weight is 1550 g/mol. The molecule has 10 aromatic rings. The van der Waals surface area contributed by atoms with Crippen LogP contribution in [0.4, 0.5) is 35.1 Å². The number of hydrogen-bond donors (Lipinski definition) is 0. The van der Waals surface area contributed by atoms with Crippen molar-refractivity contribution in [2.45, 2.75) is 257 Å². The van der Waals surface area contributed by atoms with Crippen molar-refractivity contribution in [1.29, 1.82) is 0 Å². The molecule has 0 aliphatic rings. The molecular formula is C99H130F8Si2. The lowest BCUT2D eigenvalue weighted by Crippen LogP contribution is -2.75. The van der Waals surface area contributed by atoms with Gasteiger partial charge in [0.2, 0.25) is 0 Å². The van der Waals surface area contributed by atoms with Crippen molar-refractivity contribution in [3.05, 3.63) is 326 Å². The normalized spacial score (nSPS) is 15.0. The number of halogens is 8. The van der Waals surface area contributed by atoms with Crippen molar-refractivity contribution < 1.29 is 63.9 Å². The first-order valence-corrected chi connectivity index (χ1v) is 41.0. The van der Waals surface area contributed by atoms with Crippen molar-refractivity contribution in [1.82, 2.24) is 0 Å². The van der Waals surface area contributed by atoms with Gasteiger partial charge in [-0.1, -0.05) is 395 Å². The van der Waals surface area contributed by atoms with Gasteiger partial charge < -0.3 is 0 Å². The average Bonchev–Trinajstić information content (AvgIpc) is 0.674. The number of alkyl halides is 6. The van der Waals surface area contributed by atoms with Gasteiger partial charge in [-0.3, -0.25) is 0 Å². The van der Waals surface area contributed by atoms with Gasteiger partial charge in [0.25, 0.3) is 0 Å². The topological polar surface area (TPSA) is 0 Å². The highest BCUT2D eigenvalue weighted by Gasteiger charge is 2.44. The Morgan fingerprint density at radius 3 is 0.972 bits per heavy atom. The van der Waals surface area contributed by atoms with E-state index in [0.29, 0.717) is 16.7 Å². The molecule has 10 aromatic carbocycles. The van der Waals surface area contributed by atoms with E-state index in [4.69, 9.17) is 19.2 Å². The molecule has 0 saturated carbocycles. The molecule has 0 saturated heterocycles. The summed E-state index contributed by atoms with van der Waals surface area (Å²) in [5.74, 6) is -0.190. The molecule has 0 aliphatic heterocycles. The number of aryl methyl sites for hydroxylation is 4. The number of rotatable bonds is 5. The van der Waals surface area contributed by atoms with Gasteiger partial charge in [0.1, 0.15) is 11.6 Å². The summed E-state index contributed by atoms with van der Waals surface area (Å²) in [5.41, 5.74) is 5.48. The summed E-state index contributed by atoms with van der Waals surface area (Å²) < 4.78 is 285. The molecule has 0 bridgehead atoms. The van der Waals surface area contributed by atoms with Crippen LogP contribution < -0.4 is 25.9 Å². The zero-order valence-corrected chi connectivity index (χ0v) is 70.6. The van der Waals surface area contributed by atoms with Crippen LogP contribution in [0.15, 0.2) is 236 Å². The maximum atomic E-state index is 13.3. The van der Waals surface area contributed by atoms with Crippen LogP contribution in [0.2, 0.25) is 19.6 Å². The fourth-order valence-electron chi connectivity index (χ4n) is 13.0. The molecule has 10 rings (SSSR count). The summed E-state index contributed by atoms with van der Waals surface area (Å²) in [6.07, 6.45) is -8.53. The minimum atomic E-state index is -5.59. The minimum absolute atomic E-state index is 0. The number of hydrogen-bond acceptors (Lipinski definition) is 0. The lowest BCUT2D eigenvalue weighted by molar-refractivity contribution is -0.139. The molecule has 0 nitrogen and oxygen atoms in total. The zero-order valence-electron chi connectivity index (χ0n) is 89.6. The molecule has 0 unspecified atom stereocenters. The van der Waals surface area contributed by atoms with Crippen LogP contribution in [0.1, 0.15) is 259 Å². The van der Waals surface area contributed by atoms with Gasteiger partial charge in [0, 0.05) is 4.11 Å². The largest absolute Gasteiger partial charge is 0.416 e. The lowest BCUT2D eigenvalue weighted by atomic mass is 9.81. The Morgan fingerprint density at radius 2 is 0.624 bits per heavy atom. The Morgan fingerprint density at radius 1 is 0.294 bits per heavy atom. The van der Waals surface area contributed by atoms with Gasteiger partial charge in [0.15, 0.2) is 8.07 Å². The van der Waals surface area contributed by atoms with Crippen molar-refractivity contribution in [2.75, 3.05) is 0 Å². The third-order valence-corrected chi connectivity index (χ3v) is 23.3. The summed E-state index contributed by atoms with van der Waals surface area (Å²) in [6.45, 7) is 51.8. The summed E-state index contributed by atoms with van der Waals surface area (Å²) >= 11 is 0. The molecule has 10 heteroatoms.